The van der Waals surface area contributed by atoms with Gasteiger partial charge in [0.2, 0.25) is 5.91 Å². The number of carboxylic acids is 1. The van der Waals surface area contributed by atoms with Crippen LogP contribution in [0.5, 0.6) is 0 Å². The Balaban J connectivity index is 1.67. The van der Waals surface area contributed by atoms with Crippen LogP contribution in [-0.2, 0) is 16.0 Å². The van der Waals surface area contributed by atoms with Crippen LogP contribution in [0.2, 0.25) is 0 Å². The largest absolute Gasteiger partial charge is 0.481 e. The Morgan fingerprint density at radius 2 is 2.04 bits per heavy atom. The lowest BCUT2D eigenvalue weighted by molar-refractivity contribution is -0.141. The van der Waals surface area contributed by atoms with E-state index in [4.69, 9.17) is 0 Å². The topological polar surface area (TPSA) is 99.2 Å². The fourth-order valence-electron chi connectivity index (χ4n) is 3.18. The summed E-state index contributed by atoms with van der Waals surface area (Å²) >= 11 is 0. The molecule has 1 amide bonds. The number of amides is 1. The number of aryl methyl sites for hydroxylation is 2. The second-order valence-electron chi connectivity index (χ2n) is 6.24. The van der Waals surface area contributed by atoms with Crippen LogP contribution < -0.4 is 0 Å². The van der Waals surface area contributed by atoms with Gasteiger partial charge < -0.3 is 10.0 Å². The number of hydrogen-bond acceptors (Lipinski definition) is 4. The fraction of sp³-hybridized carbons (Fsp3) is 0.412. The minimum atomic E-state index is -0.950. The monoisotopic (exact) mass is 346 g/mol. The summed E-state index contributed by atoms with van der Waals surface area (Å²) in [5.41, 5.74) is 0.730. The number of rotatable bonds is 5. The Labute approximate surface area is 143 Å². The van der Waals surface area contributed by atoms with Crippen LogP contribution in [-0.4, -0.2) is 50.2 Å². The Kier molecular flexibility index (Phi) is 4.78. The summed E-state index contributed by atoms with van der Waals surface area (Å²) in [6.07, 6.45) is 0.623. The smallest absolute Gasteiger partial charge is 0.308 e. The van der Waals surface area contributed by atoms with Crippen molar-refractivity contribution >= 4 is 11.9 Å². The third-order valence-electron chi connectivity index (χ3n) is 4.49. The van der Waals surface area contributed by atoms with E-state index in [1.807, 2.05) is 0 Å². The molecule has 1 aromatic carbocycles. The van der Waals surface area contributed by atoms with Gasteiger partial charge in [-0.25, -0.2) is 9.37 Å². The Bertz CT molecular complexity index is 774. The number of hydrogen-bond donors (Lipinski definition) is 2. The van der Waals surface area contributed by atoms with Gasteiger partial charge in [0.25, 0.3) is 0 Å². The van der Waals surface area contributed by atoms with Gasteiger partial charge in [0.1, 0.15) is 11.6 Å². The van der Waals surface area contributed by atoms with Gasteiger partial charge in [-0.3, -0.25) is 14.7 Å². The molecule has 1 aliphatic heterocycles. The molecule has 3 rings (SSSR count). The highest BCUT2D eigenvalue weighted by Crippen LogP contribution is 2.33. The molecule has 7 nitrogen and oxygen atoms in total. The van der Waals surface area contributed by atoms with Gasteiger partial charge in [-0.2, -0.15) is 5.10 Å². The fourth-order valence-corrected chi connectivity index (χ4v) is 3.18. The minimum Gasteiger partial charge on any atom is -0.481 e. The van der Waals surface area contributed by atoms with Crippen molar-refractivity contribution in [2.45, 2.75) is 25.7 Å². The third-order valence-corrected chi connectivity index (χ3v) is 4.49. The molecular formula is C17H19FN4O3. The number of benzene rings is 1. The molecule has 0 bridgehead atoms. The first-order valence-corrected chi connectivity index (χ1v) is 8.08. The molecule has 1 aliphatic rings. The number of nitrogens with one attached hydrogen (secondary N) is 1. The van der Waals surface area contributed by atoms with E-state index < -0.39 is 11.9 Å². The first-order chi connectivity index (χ1) is 11.9. The van der Waals surface area contributed by atoms with Gasteiger partial charge in [0.15, 0.2) is 5.82 Å². The Hall–Kier alpha value is -2.77. The summed E-state index contributed by atoms with van der Waals surface area (Å²) in [7, 11) is 0. The van der Waals surface area contributed by atoms with Crippen molar-refractivity contribution in [1.29, 1.82) is 0 Å². The number of carbonyl (C=O) groups excluding carboxylic acids is 1. The number of likely N-dealkylation sites (tertiary alicyclic amines) is 1. The van der Waals surface area contributed by atoms with Gasteiger partial charge in [0, 0.05) is 31.8 Å². The molecule has 0 aliphatic carbocycles. The Morgan fingerprint density at radius 3 is 2.64 bits per heavy atom. The van der Waals surface area contributed by atoms with Crippen LogP contribution in [0, 0.1) is 18.7 Å². The zero-order chi connectivity index (χ0) is 18.0. The van der Waals surface area contributed by atoms with Gasteiger partial charge in [-0.15, -0.1) is 0 Å². The maximum atomic E-state index is 13.1. The highest BCUT2D eigenvalue weighted by Gasteiger charge is 2.40. The van der Waals surface area contributed by atoms with E-state index in [0.717, 1.165) is 5.56 Å². The average Bonchev–Trinajstić information content (AvgIpc) is 3.20. The summed E-state index contributed by atoms with van der Waals surface area (Å²) in [6, 6.07) is 5.79. The van der Waals surface area contributed by atoms with Crippen molar-refractivity contribution in [3.63, 3.8) is 0 Å². The zero-order valence-corrected chi connectivity index (χ0v) is 13.8. The second kappa shape index (κ2) is 7.00. The highest BCUT2D eigenvalue weighted by atomic mass is 19.1. The standard InChI is InChI=1S/C17H19FN4O3/c1-10-19-15(21-20-10)6-7-16(23)22-8-13(14(9-22)17(24)25)11-2-4-12(18)5-3-11/h2-5,13-14H,6-9H2,1H3,(H,24,25)(H,19,20,21)/t13-,14+/m0/s1. The van der Waals surface area contributed by atoms with E-state index in [0.29, 0.717) is 24.6 Å². The molecular weight excluding hydrogens is 327 g/mol. The molecule has 1 aromatic heterocycles. The molecule has 2 atom stereocenters. The van der Waals surface area contributed by atoms with Crippen molar-refractivity contribution in [3.05, 3.63) is 47.3 Å². The molecule has 2 aromatic rings. The molecule has 2 heterocycles. The van der Waals surface area contributed by atoms with Crippen LogP contribution >= 0.6 is 0 Å². The number of aromatic nitrogens is 3. The van der Waals surface area contributed by atoms with Gasteiger partial charge in [0.05, 0.1) is 5.92 Å². The summed E-state index contributed by atoms with van der Waals surface area (Å²) in [5, 5.41) is 16.2. The quantitative estimate of drug-likeness (QED) is 0.855. The van der Waals surface area contributed by atoms with E-state index in [1.165, 1.54) is 12.1 Å². The normalized spacial score (nSPS) is 20.0. The SMILES string of the molecule is Cc1nc(CCC(=O)N2C[C@@H](C(=O)O)[C@H](c3ccc(F)cc3)C2)n[nH]1. The molecule has 0 saturated carbocycles. The summed E-state index contributed by atoms with van der Waals surface area (Å²) in [6.45, 7) is 2.25. The number of aliphatic carboxylic acids is 1. The molecule has 1 saturated heterocycles. The van der Waals surface area contributed by atoms with Crippen LogP contribution in [0.25, 0.3) is 0 Å². The predicted molar refractivity (Wildman–Crippen MR) is 86.3 cm³/mol. The lowest BCUT2D eigenvalue weighted by atomic mass is 9.89. The molecule has 0 spiro atoms. The van der Waals surface area contributed by atoms with Crippen LogP contribution in [0.4, 0.5) is 4.39 Å². The van der Waals surface area contributed by atoms with E-state index >= 15 is 0 Å². The van der Waals surface area contributed by atoms with Crippen molar-refractivity contribution in [2.75, 3.05) is 13.1 Å². The molecule has 25 heavy (non-hydrogen) atoms. The summed E-state index contributed by atoms with van der Waals surface area (Å²) in [4.78, 5) is 29.7. The van der Waals surface area contributed by atoms with Crippen molar-refractivity contribution in [1.82, 2.24) is 20.1 Å². The van der Waals surface area contributed by atoms with E-state index in [2.05, 4.69) is 15.2 Å². The van der Waals surface area contributed by atoms with Gasteiger partial charge in [-0.05, 0) is 24.6 Å². The second-order valence-corrected chi connectivity index (χ2v) is 6.24. The lowest BCUT2D eigenvalue weighted by Gasteiger charge is -2.16. The molecule has 2 N–H and O–H groups in total. The number of carboxylic acid groups (broad SMARTS) is 1. The van der Waals surface area contributed by atoms with Crippen LogP contribution in [0.3, 0.4) is 0 Å². The van der Waals surface area contributed by atoms with Crippen LogP contribution in [0.15, 0.2) is 24.3 Å². The maximum Gasteiger partial charge on any atom is 0.308 e. The lowest BCUT2D eigenvalue weighted by Crippen LogP contribution is -2.30. The van der Waals surface area contributed by atoms with Crippen LogP contribution in [0.1, 0.15) is 29.6 Å². The first-order valence-electron chi connectivity index (χ1n) is 8.08. The van der Waals surface area contributed by atoms with E-state index in [9.17, 15) is 19.1 Å². The summed E-state index contributed by atoms with van der Waals surface area (Å²) in [5.74, 6) is -1.23. The predicted octanol–water partition coefficient (Wildman–Crippen LogP) is 1.51. The van der Waals surface area contributed by atoms with Crippen molar-refractivity contribution in [2.24, 2.45) is 5.92 Å². The molecule has 0 radical (unpaired) electrons. The maximum absolute atomic E-state index is 13.1. The number of aromatic amines is 1. The minimum absolute atomic E-state index is 0.127. The third kappa shape index (κ3) is 3.84. The molecule has 132 valence electrons. The number of halogens is 1. The summed E-state index contributed by atoms with van der Waals surface area (Å²) < 4.78 is 13.1. The molecule has 0 unspecified atom stereocenters. The molecule has 8 heteroatoms. The zero-order valence-electron chi connectivity index (χ0n) is 13.8. The van der Waals surface area contributed by atoms with Crippen molar-refractivity contribution in [3.8, 4) is 0 Å². The number of H-pyrrole nitrogens is 1. The van der Waals surface area contributed by atoms with Gasteiger partial charge >= 0.3 is 5.97 Å². The van der Waals surface area contributed by atoms with E-state index in [-0.39, 0.29) is 30.6 Å². The average molecular weight is 346 g/mol. The molecule has 1 fully saturated rings. The number of nitrogens with zero attached hydrogens (tertiary/aromatic N) is 3. The first kappa shape index (κ1) is 17.1. The van der Waals surface area contributed by atoms with Crippen molar-refractivity contribution < 1.29 is 19.1 Å². The number of carbonyl (C=O) groups is 2. The Morgan fingerprint density at radius 1 is 1.32 bits per heavy atom. The van der Waals surface area contributed by atoms with Gasteiger partial charge in [-0.1, -0.05) is 12.1 Å². The highest BCUT2D eigenvalue weighted by molar-refractivity contribution is 5.79. The van der Waals surface area contributed by atoms with E-state index in [1.54, 1.807) is 24.0 Å².